The summed E-state index contributed by atoms with van der Waals surface area (Å²) in [5.41, 5.74) is 0. The van der Waals surface area contributed by atoms with Crippen LogP contribution in [0.25, 0.3) is 0 Å². The van der Waals surface area contributed by atoms with Crippen molar-refractivity contribution >= 4 is 34.2 Å². The lowest BCUT2D eigenvalue weighted by Crippen LogP contribution is -2.11. The van der Waals surface area contributed by atoms with E-state index in [0.29, 0.717) is 35.8 Å². The van der Waals surface area contributed by atoms with E-state index in [-0.39, 0.29) is 5.75 Å². The first-order chi connectivity index (χ1) is 8.72. The Kier molecular flexibility index (Phi) is 7.65. The molecule has 0 unspecified atom stereocenters. The van der Waals surface area contributed by atoms with Crippen LogP contribution < -0.4 is 5.32 Å². The number of thioether (sulfide) groups is 1. The van der Waals surface area contributed by atoms with Crippen molar-refractivity contribution < 1.29 is 19.4 Å². The van der Waals surface area contributed by atoms with E-state index in [4.69, 9.17) is 14.6 Å². The highest BCUT2D eigenvalue weighted by Crippen LogP contribution is 2.24. The number of hydrogen-bond donors (Lipinski definition) is 2. The maximum Gasteiger partial charge on any atom is 0.313 e. The van der Waals surface area contributed by atoms with Crippen molar-refractivity contribution in [2.75, 3.05) is 44.5 Å². The van der Waals surface area contributed by atoms with E-state index < -0.39 is 5.97 Å². The van der Waals surface area contributed by atoms with E-state index in [1.165, 1.54) is 11.3 Å². The van der Waals surface area contributed by atoms with E-state index in [9.17, 15) is 4.79 Å². The fourth-order valence-corrected chi connectivity index (χ4v) is 2.44. The SMILES string of the molecule is COCCOCCNc1nnc(SCC(=O)O)s1. The van der Waals surface area contributed by atoms with Crippen LogP contribution in [-0.4, -0.2) is 60.5 Å². The summed E-state index contributed by atoms with van der Waals surface area (Å²) in [7, 11) is 1.62. The number of nitrogens with zero attached hydrogens (tertiary/aromatic N) is 2. The van der Waals surface area contributed by atoms with Crippen LogP contribution in [0.4, 0.5) is 5.13 Å². The Bertz CT molecular complexity index is 361. The lowest BCUT2D eigenvalue weighted by atomic mass is 10.7. The van der Waals surface area contributed by atoms with Crippen LogP contribution in [0.15, 0.2) is 4.34 Å². The van der Waals surface area contributed by atoms with Gasteiger partial charge in [-0.25, -0.2) is 0 Å². The highest BCUT2D eigenvalue weighted by molar-refractivity contribution is 8.01. The maximum atomic E-state index is 10.4. The van der Waals surface area contributed by atoms with Gasteiger partial charge in [0.25, 0.3) is 0 Å². The molecule has 0 aromatic carbocycles. The summed E-state index contributed by atoms with van der Waals surface area (Å²) in [6, 6.07) is 0. The molecule has 0 aliphatic carbocycles. The van der Waals surface area contributed by atoms with Gasteiger partial charge in [0.05, 0.1) is 25.6 Å². The molecule has 1 aromatic rings. The third-order valence-electron chi connectivity index (χ3n) is 1.68. The van der Waals surface area contributed by atoms with E-state index in [1.807, 2.05) is 0 Å². The molecule has 0 spiro atoms. The summed E-state index contributed by atoms with van der Waals surface area (Å²) in [4.78, 5) is 10.4. The summed E-state index contributed by atoms with van der Waals surface area (Å²) >= 11 is 2.49. The standard InChI is InChI=1S/C9H15N3O4S2/c1-15-4-5-16-3-2-10-8-11-12-9(18-8)17-6-7(13)14/h2-6H2,1H3,(H,10,11)(H,13,14). The molecule has 2 N–H and O–H groups in total. The van der Waals surface area contributed by atoms with Gasteiger partial charge in [0.2, 0.25) is 5.13 Å². The minimum atomic E-state index is -0.865. The van der Waals surface area contributed by atoms with Gasteiger partial charge in [-0.05, 0) is 0 Å². The number of ether oxygens (including phenoxy) is 2. The number of rotatable bonds is 10. The number of carboxylic acids is 1. The average Bonchev–Trinajstić information content (AvgIpc) is 2.79. The Balaban J connectivity index is 2.13. The Morgan fingerprint density at radius 1 is 1.44 bits per heavy atom. The molecule has 0 saturated carbocycles. The van der Waals surface area contributed by atoms with E-state index >= 15 is 0 Å². The van der Waals surface area contributed by atoms with Crippen molar-refractivity contribution in [3.8, 4) is 0 Å². The fourth-order valence-electron chi connectivity index (χ4n) is 0.937. The number of anilines is 1. The number of carboxylic acid groups (broad SMARTS) is 1. The molecule has 1 heterocycles. The average molecular weight is 293 g/mol. The van der Waals surface area contributed by atoms with Crippen molar-refractivity contribution in [2.45, 2.75) is 4.34 Å². The highest BCUT2D eigenvalue weighted by atomic mass is 32.2. The molecule has 102 valence electrons. The monoisotopic (exact) mass is 293 g/mol. The zero-order chi connectivity index (χ0) is 13.2. The number of carbonyl (C=O) groups is 1. The Hall–Kier alpha value is -0.900. The van der Waals surface area contributed by atoms with Crippen LogP contribution in [0.1, 0.15) is 0 Å². The van der Waals surface area contributed by atoms with Crippen molar-refractivity contribution in [2.24, 2.45) is 0 Å². The van der Waals surface area contributed by atoms with E-state index in [2.05, 4.69) is 15.5 Å². The molecular formula is C9H15N3O4S2. The molecule has 0 fully saturated rings. The molecular weight excluding hydrogens is 278 g/mol. The van der Waals surface area contributed by atoms with E-state index in [1.54, 1.807) is 7.11 Å². The predicted molar refractivity (Wildman–Crippen MR) is 69.5 cm³/mol. The molecule has 0 saturated heterocycles. The minimum absolute atomic E-state index is 0.00520. The molecule has 0 aliphatic rings. The second kappa shape index (κ2) is 9.09. The highest BCUT2D eigenvalue weighted by Gasteiger charge is 2.06. The van der Waals surface area contributed by atoms with Gasteiger partial charge in [-0.3, -0.25) is 4.79 Å². The first-order valence-electron chi connectivity index (χ1n) is 5.21. The molecule has 1 aromatic heterocycles. The van der Waals surface area contributed by atoms with Crippen molar-refractivity contribution in [1.29, 1.82) is 0 Å². The molecule has 0 radical (unpaired) electrons. The van der Waals surface area contributed by atoms with Crippen LogP contribution in [0, 0.1) is 0 Å². The van der Waals surface area contributed by atoms with E-state index in [0.717, 1.165) is 11.8 Å². The number of methoxy groups -OCH3 is 1. The van der Waals surface area contributed by atoms with Gasteiger partial charge < -0.3 is 19.9 Å². The summed E-state index contributed by atoms with van der Waals surface area (Å²) in [5.74, 6) is -0.870. The first-order valence-corrected chi connectivity index (χ1v) is 7.01. The van der Waals surface area contributed by atoms with Crippen molar-refractivity contribution in [3.05, 3.63) is 0 Å². The Labute approximate surface area is 113 Å². The van der Waals surface area contributed by atoms with Gasteiger partial charge in [0.15, 0.2) is 4.34 Å². The lowest BCUT2D eigenvalue weighted by Gasteiger charge is -2.03. The van der Waals surface area contributed by atoms with Crippen molar-refractivity contribution in [1.82, 2.24) is 10.2 Å². The molecule has 0 amide bonds. The fraction of sp³-hybridized carbons (Fsp3) is 0.667. The van der Waals surface area contributed by atoms with Crippen LogP contribution in [0.2, 0.25) is 0 Å². The topological polar surface area (TPSA) is 93.6 Å². The molecule has 0 atom stereocenters. The molecule has 9 heteroatoms. The van der Waals surface area contributed by atoms with Crippen LogP contribution in [-0.2, 0) is 14.3 Å². The third-order valence-corrected chi connectivity index (χ3v) is 3.68. The maximum absolute atomic E-state index is 10.4. The minimum Gasteiger partial charge on any atom is -0.481 e. The first kappa shape index (κ1) is 15.2. The van der Waals surface area contributed by atoms with Gasteiger partial charge in [-0.15, -0.1) is 10.2 Å². The second-order valence-corrected chi connectivity index (χ2v) is 5.29. The zero-order valence-corrected chi connectivity index (χ0v) is 11.6. The summed E-state index contributed by atoms with van der Waals surface area (Å²) in [6.07, 6.45) is 0. The molecule has 18 heavy (non-hydrogen) atoms. The van der Waals surface area contributed by atoms with Gasteiger partial charge in [0, 0.05) is 13.7 Å². The third kappa shape index (κ3) is 6.74. The van der Waals surface area contributed by atoms with Gasteiger partial charge in [-0.2, -0.15) is 0 Å². The predicted octanol–water partition coefficient (Wildman–Crippen LogP) is 0.790. The zero-order valence-electron chi connectivity index (χ0n) is 9.92. The summed E-state index contributed by atoms with van der Waals surface area (Å²) in [6.45, 7) is 2.32. The van der Waals surface area contributed by atoms with Gasteiger partial charge >= 0.3 is 5.97 Å². The molecule has 1 rings (SSSR count). The molecule has 0 bridgehead atoms. The number of hydrogen-bond acceptors (Lipinski definition) is 8. The normalized spacial score (nSPS) is 10.5. The lowest BCUT2D eigenvalue weighted by molar-refractivity contribution is -0.133. The quantitative estimate of drug-likeness (QED) is 0.483. The number of nitrogens with one attached hydrogen (secondary N) is 1. The number of aromatic nitrogens is 2. The van der Waals surface area contributed by atoms with Crippen LogP contribution in [0.5, 0.6) is 0 Å². The molecule has 7 nitrogen and oxygen atoms in total. The van der Waals surface area contributed by atoms with Gasteiger partial charge in [-0.1, -0.05) is 23.1 Å². The largest absolute Gasteiger partial charge is 0.481 e. The summed E-state index contributed by atoms with van der Waals surface area (Å²) in [5, 5.41) is 20.0. The molecule has 0 aliphatic heterocycles. The van der Waals surface area contributed by atoms with Crippen LogP contribution >= 0.6 is 23.1 Å². The Morgan fingerprint density at radius 2 is 2.28 bits per heavy atom. The van der Waals surface area contributed by atoms with Gasteiger partial charge in [0.1, 0.15) is 0 Å². The Morgan fingerprint density at radius 3 is 3.00 bits per heavy atom. The van der Waals surface area contributed by atoms with Crippen LogP contribution in [0.3, 0.4) is 0 Å². The second-order valence-electron chi connectivity index (χ2n) is 3.09. The summed E-state index contributed by atoms with van der Waals surface area (Å²) < 4.78 is 10.7. The smallest absolute Gasteiger partial charge is 0.313 e. The number of aliphatic carboxylic acids is 1. The van der Waals surface area contributed by atoms with Crippen molar-refractivity contribution in [3.63, 3.8) is 0 Å².